The lowest BCUT2D eigenvalue weighted by Crippen LogP contribution is -2.49. The molecule has 1 atom stereocenters. The predicted octanol–water partition coefficient (Wildman–Crippen LogP) is 5.38. The van der Waals surface area contributed by atoms with Crippen LogP contribution in [0.1, 0.15) is 0 Å². The Bertz CT molecular complexity index is 1590. The van der Waals surface area contributed by atoms with Crippen molar-refractivity contribution in [3.63, 3.8) is 0 Å². The second-order valence-corrected chi connectivity index (χ2v) is 10.5. The van der Waals surface area contributed by atoms with Crippen LogP contribution in [-0.2, 0) is 0 Å². The zero-order valence-electron chi connectivity index (χ0n) is 21.8. The fourth-order valence-electron chi connectivity index (χ4n) is 5.11. The Labute approximate surface area is 242 Å². The zero-order chi connectivity index (χ0) is 27.5. The number of nitrogens with one attached hydrogen (secondary N) is 1. The molecule has 1 aliphatic heterocycles. The van der Waals surface area contributed by atoms with E-state index in [4.69, 9.17) is 28.2 Å². The molecule has 3 aromatic carbocycles. The highest BCUT2D eigenvalue weighted by atomic mass is 35.5. The number of benzene rings is 3. The first-order valence-electron chi connectivity index (χ1n) is 13.3. The number of fused-ring (bicyclic) bond motifs is 1. The van der Waals surface area contributed by atoms with Gasteiger partial charge in [0.1, 0.15) is 12.2 Å². The average Bonchev–Trinajstić information content (AvgIpc) is 3.39. The molecular formula is C30H29Cl2N7O. The third-order valence-electron chi connectivity index (χ3n) is 7.11. The van der Waals surface area contributed by atoms with Crippen LogP contribution in [0.5, 0.6) is 0 Å². The van der Waals surface area contributed by atoms with Gasteiger partial charge in [-0.2, -0.15) is 0 Å². The summed E-state index contributed by atoms with van der Waals surface area (Å²) in [5.41, 5.74) is 4.26. The molecule has 1 aliphatic rings. The molecule has 2 aromatic heterocycles. The molecule has 0 spiro atoms. The van der Waals surface area contributed by atoms with Gasteiger partial charge >= 0.3 is 0 Å². The second kappa shape index (κ2) is 11.8. The highest BCUT2D eigenvalue weighted by Gasteiger charge is 2.23. The first-order valence-corrected chi connectivity index (χ1v) is 14.0. The van der Waals surface area contributed by atoms with E-state index in [0.29, 0.717) is 40.1 Å². The van der Waals surface area contributed by atoms with Crippen LogP contribution < -0.4 is 10.2 Å². The number of piperazine rings is 1. The van der Waals surface area contributed by atoms with Gasteiger partial charge in [0.05, 0.1) is 21.8 Å². The van der Waals surface area contributed by atoms with Crippen LogP contribution in [0.3, 0.4) is 0 Å². The third-order valence-corrected chi connectivity index (χ3v) is 7.92. The van der Waals surface area contributed by atoms with E-state index in [9.17, 15) is 5.11 Å². The molecule has 1 fully saturated rings. The number of aliphatic hydroxyl groups excluding tert-OH is 1. The molecule has 6 rings (SSSR count). The van der Waals surface area contributed by atoms with Crippen molar-refractivity contribution in [3.05, 3.63) is 95.2 Å². The molecule has 204 valence electrons. The van der Waals surface area contributed by atoms with Crippen molar-refractivity contribution >= 4 is 45.9 Å². The number of halogens is 2. The molecule has 0 amide bonds. The largest absolute Gasteiger partial charge is 0.390 e. The van der Waals surface area contributed by atoms with Crippen LogP contribution in [0, 0.1) is 0 Å². The first kappa shape index (κ1) is 26.5. The molecule has 10 heteroatoms. The van der Waals surface area contributed by atoms with E-state index in [-0.39, 0.29) is 0 Å². The van der Waals surface area contributed by atoms with Gasteiger partial charge in [-0.3, -0.25) is 9.47 Å². The summed E-state index contributed by atoms with van der Waals surface area (Å²) in [5, 5.41) is 15.4. The van der Waals surface area contributed by atoms with Crippen molar-refractivity contribution in [2.24, 2.45) is 0 Å². The Balaban J connectivity index is 1.15. The number of hydrogen-bond donors (Lipinski definition) is 2. The van der Waals surface area contributed by atoms with Gasteiger partial charge in [-0.05, 0) is 24.3 Å². The maximum Gasteiger partial charge on any atom is 0.170 e. The third kappa shape index (κ3) is 5.48. The van der Waals surface area contributed by atoms with Gasteiger partial charge in [0.2, 0.25) is 0 Å². The van der Waals surface area contributed by atoms with Gasteiger partial charge < -0.3 is 15.3 Å². The molecule has 5 aromatic rings. The maximum atomic E-state index is 10.9. The summed E-state index contributed by atoms with van der Waals surface area (Å²) in [7, 11) is 0. The number of imidazole rings is 1. The van der Waals surface area contributed by atoms with Gasteiger partial charge in [-0.1, -0.05) is 77.8 Å². The molecule has 2 N–H and O–H groups in total. The van der Waals surface area contributed by atoms with Crippen molar-refractivity contribution in [3.8, 4) is 17.1 Å². The number of rotatable bonds is 8. The minimum Gasteiger partial charge on any atom is -0.390 e. The Morgan fingerprint density at radius 1 is 0.850 bits per heavy atom. The highest BCUT2D eigenvalue weighted by molar-refractivity contribution is 6.43. The Kier molecular flexibility index (Phi) is 7.84. The lowest BCUT2D eigenvalue weighted by molar-refractivity contribution is 0.118. The summed E-state index contributed by atoms with van der Waals surface area (Å²) in [5.74, 6) is 1.37. The van der Waals surface area contributed by atoms with E-state index >= 15 is 0 Å². The van der Waals surface area contributed by atoms with Crippen molar-refractivity contribution in [2.75, 3.05) is 49.5 Å². The van der Waals surface area contributed by atoms with E-state index < -0.39 is 6.10 Å². The zero-order valence-corrected chi connectivity index (χ0v) is 23.3. The molecule has 8 nitrogen and oxygen atoms in total. The van der Waals surface area contributed by atoms with Crippen LogP contribution in [0.25, 0.3) is 28.2 Å². The lowest BCUT2D eigenvalue weighted by atomic mass is 10.2. The van der Waals surface area contributed by atoms with Crippen LogP contribution in [0.15, 0.2) is 85.2 Å². The fraction of sp³-hybridized carbons (Fsp3) is 0.233. The molecule has 0 aliphatic carbocycles. The number of β-amino-alcohol motifs (C(OH)–C–C–N with tert-alkyl or cyclic N) is 1. The standard InChI is InChI=1S/C30H29Cl2N7O/c31-24-12-7-13-25(26(24)32)38-16-14-37(15-17-38)19-23(40)18-33-28-27-30(35-20-34-28)39(22-10-5-2-6-11-22)29(36-27)21-8-3-1-4-9-21/h1-13,20,23,40H,14-19H2,(H,33,34,35)/t23-/m0/s1. The van der Waals surface area contributed by atoms with Crippen LogP contribution >= 0.6 is 23.2 Å². The van der Waals surface area contributed by atoms with Crippen LogP contribution in [0.2, 0.25) is 10.0 Å². The van der Waals surface area contributed by atoms with E-state index in [2.05, 4.69) is 25.1 Å². The number of para-hydroxylation sites is 1. The summed E-state index contributed by atoms with van der Waals surface area (Å²) in [6, 6.07) is 25.8. The van der Waals surface area contributed by atoms with Gasteiger partial charge in [-0.15, -0.1) is 0 Å². The van der Waals surface area contributed by atoms with Crippen molar-refractivity contribution in [1.29, 1.82) is 0 Å². The topological polar surface area (TPSA) is 82.3 Å². The molecule has 1 saturated heterocycles. The van der Waals surface area contributed by atoms with E-state index in [0.717, 1.165) is 48.9 Å². The number of nitrogens with zero attached hydrogens (tertiary/aromatic N) is 6. The van der Waals surface area contributed by atoms with E-state index in [1.807, 2.05) is 77.4 Å². The molecule has 40 heavy (non-hydrogen) atoms. The summed E-state index contributed by atoms with van der Waals surface area (Å²) in [6.45, 7) is 4.15. The number of anilines is 2. The van der Waals surface area contributed by atoms with Crippen molar-refractivity contribution in [2.45, 2.75) is 6.10 Å². The number of aliphatic hydroxyl groups is 1. The summed E-state index contributed by atoms with van der Waals surface area (Å²) >= 11 is 12.6. The maximum absolute atomic E-state index is 10.9. The van der Waals surface area contributed by atoms with Gasteiger partial charge in [-0.25, -0.2) is 15.0 Å². The van der Waals surface area contributed by atoms with Gasteiger partial charge in [0.25, 0.3) is 0 Å². The van der Waals surface area contributed by atoms with Crippen molar-refractivity contribution in [1.82, 2.24) is 24.4 Å². The molecule has 0 bridgehead atoms. The smallest absolute Gasteiger partial charge is 0.170 e. The Morgan fingerprint density at radius 3 is 2.33 bits per heavy atom. The first-order chi connectivity index (χ1) is 19.6. The van der Waals surface area contributed by atoms with E-state index in [1.54, 1.807) is 6.07 Å². The molecule has 0 radical (unpaired) electrons. The van der Waals surface area contributed by atoms with Crippen molar-refractivity contribution < 1.29 is 5.11 Å². The second-order valence-electron chi connectivity index (χ2n) is 9.76. The number of aromatic nitrogens is 4. The highest BCUT2D eigenvalue weighted by Crippen LogP contribution is 2.33. The predicted molar refractivity (Wildman–Crippen MR) is 162 cm³/mol. The minimum atomic E-state index is -0.587. The van der Waals surface area contributed by atoms with Crippen LogP contribution in [-0.4, -0.2) is 74.9 Å². The van der Waals surface area contributed by atoms with Crippen LogP contribution in [0.4, 0.5) is 11.5 Å². The SMILES string of the molecule is O[C@@H](CNc1ncnc2c1nc(-c1ccccc1)n2-c1ccccc1)CN1CCN(c2cccc(Cl)c2Cl)CC1. The summed E-state index contributed by atoms with van der Waals surface area (Å²) < 4.78 is 2.04. The lowest BCUT2D eigenvalue weighted by Gasteiger charge is -2.37. The molecule has 0 unspecified atom stereocenters. The monoisotopic (exact) mass is 573 g/mol. The minimum absolute atomic E-state index is 0.339. The summed E-state index contributed by atoms with van der Waals surface area (Å²) in [4.78, 5) is 18.5. The van der Waals surface area contributed by atoms with E-state index in [1.165, 1.54) is 6.33 Å². The molecule has 0 saturated carbocycles. The normalized spacial score (nSPS) is 14.9. The fourth-order valence-corrected chi connectivity index (χ4v) is 5.52. The average molecular weight is 575 g/mol. The Hall–Kier alpha value is -3.69. The van der Waals surface area contributed by atoms with Gasteiger partial charge in [0.15, 0.2) is 17.0 Å². The molecule has 3 heterocycles. The quantitative estimate of drug-likeness (QED) is 0.258. The summed E-state index contributed by atoms with van der Waals surface area (Å²) in [6.07, 6.45) is 0.948. The number of hydrogen-bond acceptors (Lipinski definition) is 7. The Morgan fingerprint density at radius 2 is 1.57 bits per heavy atom. The molecular weight excluding hydrogens is 545 g/mol. The van der Waals surface area contributed by atoms with Gasteiger partial charge in [0, 0.05) is 50.5 Å².